The first kappa shape index (κ1) is 49.5. The molecule has 0 spiro atoms. The summed E-state index contributed by atoms with van der Waals surface area (Å²) < 4.78 is 22.4. The molecule has 22 heteroatoms. The van der Waals surface area contributed by atoms with Gasteiger partial charge in [-0.1, -0.05) is 24.3 Å². The molecule has 6 aromatic rings. The number of anilines is 2. The topological polar surface area (TPSA) is 303 Å². The van der Waals surface area contributed by atoms with E-state index in [4.69, 9.17) is 18.9 Å². The maximum Gasteiger partial charge on any atom is 0.353 e. The Morgan fingerprint density at radius 3 is 1.20 bits per heavy atom. The molecule has 4 aromatic carbocycles. The van der Waals surface area contributed by atoms with Crippen LogP contribution in [0.25, 0.3) is 0 Å². The molecule has 7 rings (SSSR count). The van der Waals surface area contributed by atoms with Gasteiger partial charge in [0, 0.05) is 22.5 Å². The lowest BCUT2D eigenvalue weighted by Crippen LogP contribution is -2.86. The highest BCUT2D eigenvalue weighted by atomic mass is 32.1. The minimum Gasteiger partial charge on any atom is -0.493 e. The third-order valence-corrected chi connectivity index (χ3v) is 12.9. The lowest BCUT2D eigenvalue weighted by Gasteiger charge is -2.64. The Hall–Kier alpha value is -8.44. The van der Waals surface area contributed by atoms with E-state index in [1.807, 2.05) is 0 Å². The van der Waals surface area contributed by atoms with Crippen molar-refractivity contribution in [2.24, 2.45) is 0 Å². The highest BCUT2D eigenvalue weighted by Crippen LogP contribution is 2.64. The van der Waals surface area contributed by atoms with Crippen molar-refractivity contribution in [2.45, 2.75) is 22.9 Å². The van der Waals surface area contributed by atoms with E-state index in [2.05, 4.69) is 21.3 Å². The normalized spacial score (nSPS) is 17.9. The van der Waals surface area contributed by atoms with Crippen LogP contribution in [0.2, 0.25) is 0 Å². The van der Waals surface area contributed by atoms with Gasteiger partial charge in [0.2, 0.25) is 11.8 Å². The predicted octanol–water partition coefficient (Wildman–Crippen LogP) is 4.51. The molecule has 2 aromatic heterocycles. The molecular weight excluding hydrogens is 953 g/mol. The van der Waals surface area contributed by atoms with E-state index in [9.17, 15) is 58.8 Å². The molecule has 8 N–H and O–H groups in total. The van der Waals surface area contributed by atoms with Gasteiger partial charge in [0.25, 0.3) is 11.8 Å². The average Bonchev–Trinajstić information content (AvgIpc) is 4.11. The standard InChI is InChI=1S/C48H40N4O16S2/c1-65-33-21-27(11-17-31(33)67-43(59)35-5-3-19-69-35)39-47(45(61)62,51-41(57)25-7-13-29(14-8-25)49-37(55)23-53)40(28-12-18-32(34(22-28)66-2)68-44(60)36-6-4-20-70-36)48(39,46(63)64)52-42(58)26-9-15-30(16-10-26)50-38(56)24-54/h3-22,39-40,53-54H,23-24H2,1-2H3,(H,49,55)(H,50,56)(H,51,57)(H,52,58)(H,61,62)(H,63,64). The summed E-state index contributed by atoms with van der Waals surface area (Å²) in [6.45, 7) is -1.68. The molecule has 2 heterocycles. The first-order chi connectivity index (χ1) is 33.6. The summed E-state index contributed by atoms with van der Waals surface area (Å²) in [5.41, 5.74) is -5.86. The molecule has 1 aliphatic rings. The van der Waals surface area contributed by atoms with Crippen molar-refractivity contribution in [3.63, 3.8) is 0 Å². The molecule has 4 amide bonds. The molecule has 1 fully saturated rings. The van der Waals surface area contributed by atoms with Crippen LogP contribution in [0.15, 0.2) is 120 Å². The number of carbonyl (C=O) groups excluding carboxylic acids is 6. The Labute approximate surface area is 404 Å². The van der Waals surface area contributed by atoms with Gasteiger partial charge in [-0.15, -0.1) is 22.7 Å². The van der Waals surface area contributed by atoms with E-state index >= 15 is 0 Å². The van der Waals surface area contributed by atoms with Gasteiger partial charge < -0.3 is 60.6 Å². The van der Waals surface area contributed by atoms with E-state index in [0.717, 1.165) is 22.7 Å². The number of rotatable bonds is 18. The zero-order chi connectivity index (χ0) is 50.3. The fourth-order valence-corrected chi connectivity index (χ4v) is 9.41. The van der Waals surface area contributed by atoms with Crippen molar-refractivity contribution in [1.29, 1.82) is 0 Å². The number of hydrogen-bond acceptors (Lipinski definition) is 16. The van der Waals surface area contributed by atoms with Gasteiger partial charge in [-0.3, -0.25) is 19.2 Å². The van der Waals surface area contributed by atoms with Gasteiger partial charge in [-0.25, -0.2) is 19.2 Å². The van der Waals surface area contributed by atoms with E-state index in [1.54, 1.807) is 22.9 Å². The molecule has 1 aliphatic carbocycles. The molecule has 0 atom stereocenters. The smallest absolute Gasteiger partial charge is 0.353 e. The third kappa shape index (κ3) is 9.64. The SMILES string of the molecule is COc1cc(C2C(NC(=O)c3ccc(NC(=O)CO)cc3)(C(=O)O)C(c3ccc(OC(=O)c4cccs4)c(OC)c3)C2(NC(=O)c2ccc(NC(=O)CO)cc2)C(=O)O)ccc1OC(=O)c1cccs1. The van der Waals surface area contributed by atoms with E-state index in [1.165, 1.54) is 111 Å². The molecule has 1 saturated carbocycles. The molecule has 360 valence electrons. The van der Waals surface area contributed by atoms with Gasteiger partial charge >= 0.3 is 23.9 Å². The second kappa shape index (κ2) is 20.8. The molecule has 0 radical (unpaired) electrons. The number of ether oxygens (including phenoxy) is 4. The van der Waals surface area contributed by atoms with Crippen LogP contribution in [0.5, 0.6) is 23.0 Å². The number of aliphatic carboxylic acids is 2. The summed E-state index contributed by atoms with van der Waals surface area (Å²) in [6.07, 6.45) is 0. The number of amides is 4. The number of aliphatic hydroxyl groups is 2. The van der Waals surface area contributed by atoms with Crippen molar-refractivity contribution in [3.8, 4) is 23.0 Å². The first-order valence-corrected chi connectivity index (χ1v) is 22.4. The monoisotopic (exact) mass is 992 g/mol. The van der Waals surface area contributed by atoms with Crippen molar-refractivity contribution in [2.75, 3.05) is 38.1 Å². The van der Waals surface area contributed by atoms with Crippen molar-refractivity contribution < 1.29 is 77.7 Å². The lowest BCUT2D eigenvalue weighted by atomic mass is 9.43. The number of benzene rings is 4. The second-order valence-corrected chi connectivity index (χ2v) is 17.1. The minimum absolute atomic E-state index is 0.158. The van der Waals surface area contributed by atoms with Crippen LogP contribution in [0.4, 0.5) is 11.4 Å². The van der Waals surface area contributed by atoms with Crippen LogP contribution < -0.4 is 40.2 Å². The number of carbonyl (C=O) groups is 8. The quantitative estimate of drug-likeness (QED) is 0.0434. The highest BCUT2D eigenvalue weighted by Gasteiger charge is 2.80. The van der Waals surface area contributed by atoms with Crippen molar-refractivity contribution in [1.82, 2.24) is 10.6 Å². The first-order valence-electron chi connectivity index (χ1n) is 20.6. The number of thiophene rings is 2. The van der Waals surface area contributed by atoms with Gasteiger partial charge in [0.05, 0.1) is 26.1 Å². The Morgan fingerprint density at radius 2 is 0.900 bits per heavy atom. The lowest BCUT2D eigenvalue weighted by molar-refractivity contribution is -0.171. The molecule has 0 aliphatic heterocycles. The van der Waals surface area contributed by atoms with Crippen LogP contribution in [0.1, 0.15) is 63.0 Å². The van der Waals surface area contributed by atoms with E-state index in [-0.39, 0.29) is 66.4 Å². The number of carboxylic acid groups (broad SMARTS) is 2. The van der Waals surface area contributed by atoms with Gasteiger partial charge in [-0.2, -0.15) is 0 Å². The number of methoxy groups -OCH3 is 2. The average molecular weight is 993 g/mol. The molecule has 0 saturated heterocycles. The number of aliphatic hydroxyl groups excluding tert-OH is 2. The van der Waals surface area contributed by atoms with E-state index in [0.29, 0.717) is 0 Å². The summed E-state index contributed by atoms with van der Waals surface area (Å²) in [7, 11) is 2.42. The molecule has 0 unspecified atom stereocenters. The van der Waals surface area contributed by atoms with Crippen LogP contribution >= 0.6 is 22.7 Å². The summed E-state index contributed by atoms with van der Waals surface area (Å²) >= 11 is 2.19. The molecule has 70 heavy (non-hydrogen) atoms. The Balaban J connectivity index is 1.43. The van der Waals surface area contributed by atoms with Crippen LogP contribution in [-0.4, -0.2) is 106 Å². The largest absolute Gasteiger partial charge is 0.493 e. The molecule has 0 bridgehead atoms. The zero-order valence-electron chi connectivity index (χ0n) is 36.6. The molecular formula is C48H40N4O16S2. The van der Waals surface area contributed by atoms with Crippen LogP contribution in [0.3, 0.4) is 0 Å². The zero-order valence-corrected chi connectivity index (χ0v) is 38.3. The number of hydrogen-bond donors (Lipinski definition) is 8. The number of carboxylic acids is 2. The summed E-state index contributed by atoms with van der Waals surface area (Å²) in [5, 5.41) is 55.0. The third-order valence-electron chi connectivity index (χ3n) is 11.2. The second-order valence-electron chi connectivity index (χ2n) is 15.2. The Kier molecular flexibility index (Phi) is 14.7. The van der Waals surface area contributed by atoms with Crippen LogP contribution in [0, 0.1) is 0 Å². The van der Waals surface area contributed by atoms with Gasteiger partial charge in [0.15, 0.2) is 34.1 Å². The summed E-state index contributed by atoms with van der Waals surface area (Å²) in [6, 6.07) is 23.8. The predicted molar refractivity (Wildman–Crippen MR) is 250 cm³/mol. The van der Waals surface area contributed by atoms with Gasteiger partial charge in [-0.05, 0) is 107 Å². The maximum absolute atomic E-state index is 14.5. The van der Waals surface area contributed by atoms with E-state index < -0.39 is 83.6 Å². The van der Waals surface area contributed by atoms with Gasteiger partial charge in [0.1, 0.15) is 23.0 Å². The Morgan fingerprint density at radius 1 is 0.529 bits per heavy atom. The summed E-state index contributed by atoms with van der Waals surface area (Å²) in [4.78, 5) is 108. The highest BCUT2D eigenvalue weighted by molar-refractivity contribution is 7.12. The minimum atomic E-state index is -2.76. The Bertz CT molecular complexity index is 2770. The number of esters is 2. The maximum atomic E-state index is 14.5. The van der Waals surface area contributed by atoms with Crippen LogP contribution in [-0.2, 0) is 19.2 Å². The number of nitrogens with one attached hydrogen (secondary N) is 4. The fourth-order valence-electron chi connectivity index (χ4n) is 8.21. The molecule has 20 nitrogen and oxygen atoms in total. The summed E-state index contributed by atoms with van der Waals surface area (Å²) in [5.74, 6) is -13.4. The fraction of sp³-hybridized carbons (Fsp3) is 0.167. The van der Waals surface area contributed by atoms with Crippen molar-refractivity contribution in [3.05, 3.63) is 152 Å². The van der Waals surface area contributed by atoms with Crippen molar-refractivity contribution >= 4 is 81.6 Å².